The minimum atomic E-state index is -4.93. The number of amides is 1. The molecule has 1 aromatic rings. The molecule has 1 amide bonds. The molecular weight excluding hydrogens is 223 g/mol. The zero-order chi connectivity index (χ0) is 12.2. The van der Waals surface area contributed by atoms with Crippen LogP contribution in [0.3, 0.4) is 0 Å². The molecular formula is C10H10F3NO2. The van der Waals surface area contributed by atoms with E-state index in [-0.39, 0.29) is 6.54 Å². The molecule has 1 rings (SSSR count). The summed E-state index contributed by atoms with van der Waals surface area (Å²) in [7, 11) is 0. The first-order valence-electron chi connectivity index (χ1n) is 4.47. The van der Waals surface area contributed by atoms with Crippen molar-refractivity contribution < 1.29 is 23.1 Å². The summed E-state index contributed by atoms with van der Waals surface area (Å²) in [6.45, 7) is -0.0488. The van der Waals surface area contributed by atoms with Crippen molar-refractivity contribution >= 4 is 5.91 Å². The highest BCUT2D eigenvalue weighted by atomic mass is 19.4. The van der Waals surface area contributed by atoms with Crippen molar-refractivity contribution in [2.75, 3.05) is 0 Å². The van der Waals surface area contributed by atoms with Crippen LogP contribution in [0.2, 0.25) is 0 Å². The predicted molar refractivity (Wildman–Crippen MR) is 50.4 cm³/mol. The normalized spacial score (nSPS) is 13.2. The van der Waals surface area contributed by atoms with Gasteiger partial charge in [0.1, 0.15) is 0 Å². The average molecular weight is 233 g/mol. The lowest BCUT2D eigenvalue weighted by molar-refractivity contribution is -0.205. The lowest BCUT2D eigenvalue weighted by atomic mass is 10.2. The topological polar surface area (TPSA) is 49.3 Å². The van der Waals surface area contributed by atoms with Crippen LogP contribution >= 0.6 is 0 Å². The highest BCUT2D eigenvalue weighted by Crippen LogP contribution is 2.19. The van der Waals surface area contributed by atoms with Crippen molar-refractivity contribution in [2.24, 2.45) is 0 Å². The van der Waals surface area contributed by atoms with E-state index in [9.17, 15) is 18.0 Å². The van der Waals surface area contributed by atoms with Gasteiger partial charge in [-0.25, -0.2) is 0 Å². The predicted octanol–water partition coefficient (Wildman–Crippen LogP) is 1.23. The molecule has 0 heterocycles. The molecule has 2 N–H and O–H groups in total. The minimum Gasteiger partial charge on any atom is -0.376 e. The fourth-order valence-electron chi connectivity index (χ4n) is 1.03. The van der Waals surface area contributed by atoms with Crippen LogP contribution in [0.4, 0.5) is 13.2 Å². The summed E-state index contributed by atoms with van der Waals surface area (Å²) in [6.07, 6.45) is -7.91. The Morgan fingerprint density at radius 3 is 2.38 bits per heavy atom. The molecule has 1 atom stereocenters. The van der Waals surface area contributed by atoms with Gasteiger partial charge in [-0.2, -0.15) is 13.2 Å². The molecule has 0 bridgehead atoms. The zero-order valence-corrected chi connectivity index (χ0v) is 8.16. The second-order valence-electron chi connectivity index (χ2n) is 3.15. The lowest BCUT2D eigenvalue weighted by Crippen LogP contribution is -2.43. The Morgan fingerprint density at radius 2 is 1.88 bits per heavy atom. The van der Waals surface area contributed by atoms with E-state index < -0.39 is 18.2 Å². The standard InChI is InChI=1S/C10H10F3NO2/c11-10(12,13)8(15)9(16)14-6-7-4-2-1-3-5-7/h1-5,8,15H,6H2,(H,14,16). The lowest BCUT2D eigenvalue weighted by Gasteiger charge is -2.14. The molecule has 88 valence electrons. The summed E-state index contributed by atoms with van der Waals surface area (Å²) in [5.74, 6) is -1.45. The summed E-state index contributed by atoms with van der Waals surface area (Å²) >= 11 is 0. The van der Waals surface area contributed by atoms with Crippen LogP contribution in [-0.4, -0.2) is 23.3 Å². The van der Waals surface area contributed by atoms with E-state index in [1.807, 2.05) is 5.32 Å². The van der Waals surface area contributed by atoms with Crippen molar-refractivity contribution in [3.8, 4) is 0 Å². The maximum atomic E-state index is 11.9. The molecule has 1 unspecified atom stereocenters. The maximum absolute atomic E-state index is 11.9. The number of nitrogens with one attached hydrogen (secondary N) is 1. The molecule has 0 spiro atoms. The van der Waals surface area contributed by atoms with Gasteiger partial charge in [0, 0.05) is 6.54 Å². The monoisotopic (exact) mass is 233 g/mol. The Bertz CT molecular complexity index is 351. The number of alkyl halides is 3. The highest BCUT2D eigenvalue weighted by molar-refractivity contribution is 5.81. The number of halogens is 3. The van der Waals surface area contributed by atoms with Gasteiger partial charge in [0.2, 0.25) is 6.10 Å². The van der Waals surface area contributed by atoms with E-state index >= 15 is 0 Å². The maximum Gasteiger partial charge on any atom is 0.423 e. The fourth-order valence-corrected chi connectivity index (χ4v) is 1.03. The summed E-state index contributed by atoms with van der Waals surface area (Å²) in [5, 5.41) is 10.6. The first-order chi connectivity index (χ1) is 7.41. The van der Waals surface area contributed by atoms with Crippen LogP contribution in [0.5, 0.6) is 0 Å². The van der Waals surface area contributed by atoms with Crippen molar-refractivity contribution in [3.05, 3.63) is 35.9 Å². The quantitative estimate of drug-likeness (QED) is 0.824. The molecule has 16 heavy (non-hydrogen) atoms. The molecule has 0 radical (unpaired) electrons. The third kappa shape index (κ3) is 3.54. The van der Waals surface area contributed by atoms with Gasteiger partial charge >= 0.3 is 6.18 Å². The number of benzene rings is 1. The highest BCUT2D eigenvalue weighted by Gasteiger charge is 2.43. The van der Waals surface area contributed by atoms with Gasteiger partial charge in [0.05, 0.1) is 0 Å². The van der Waals surface area contributed by atoms with E-state index in [4.69, 9.17) is 5.11 Å². The SMILES string of the molecule is O=C(NCc1ccccc1)C(O)C(F)(F)F. The summed E-state index contributed by atoms with van der Waals surface area (Å²) in [5.41, 5.74) is 0.658. The van der Waals surface area contributed by atoms with Crippen molar-refractivity contribution in [3.63, 3.8) is 0 Å². The first kappa shape index (κ1) is 12.5. The van der Waals surface area contributed by atoms with Crippen molar-refractivity contribution in [2.45, 2.75) is 18.8 Å². The second kappa shape index (κ2) is 4.98. The molecule has 0 aliphatic heterocycles. The van der Waals surface area contributed by atoms with E-state index in [0.717, 1.165) is 0 Å². The zero-order valence-electron chi connectivity index (χ0n) is 8.16. The Labute approximate surface area is 89.9 Å². The van der Waals surface area contributed by atoms with Gasteiger partial charge in [0.15, 0.2) is 0 Å². The van der Waals surface area contributed by atoms with Crippen LogP contribution in [0.25, 0.3) is 0 Å². The third-order valence-electron chi connectivity index (χ3n) is 1.87. The summed E-state index contributed by atoms with van der Waals surface area (Å²) < 4.78 is 35.7. The van der Waals surface area contributed by atoms with Crippen LogP contribution in [-0.2, 0) is 11.3 Å². The molecule has 1 aromatic carbocycles. The minimum absolute atomic E-state index is 0.0488. The van der Waals surface area contributed by atoms with Crippen molar-refractivity contribution in [1.82, 2.24) is 5.32 Å². The molecule has 6 heteroatoms. The number of rotatable bonds is 3. The van der Waals surface area contributed by atoms with E-state index in [1.54, 1.807) is 30.3 Å². The van der Waals surface area contributed by atoms with Gasteiger partial charge in [-0.1, -0.05) is 30.3 Å². The van der Waals surface area contributed by atoms with Crippen molar-refractivity contribution in [1.29, 1.82) is 0 Å². The second-order valence-corrected chi connectivity index (χ2v) is 3.15. The summed E-state index contributed by atoms with van der Waals surface area (Å²) in [6, 6.07) is 8.44. The number of aliphatic hydroxyl groups excluding tert-OH is 1. The van der Waals surface area contributed by atoms with E-state index in [2.05, 4.69) is 0 Å². The molecule has 0 fully saturated rings. The van der Waals surface area contributed by atoms with Crippen LogP contribution < -0.4 is 5.32 Å². The molecule has 0 aromatic heterocycles. The first-order valence-corrected chi connectivity index (χ1v) is 4.47. The molecule has 3 nitrogen and oxygen atoms in total. The molecule has 0 saturated heterocycles. The van der Waals surface area contributed by atoms with Gasteiger partial charge in [-0.05, 0) is 5.56 Å². The summed E-state index contributed by atoms with van der Waals surface area (Å²) in [4.78, 5) is 10.9. The fraction of sp³-hybridized carbons (Fsp3) is 0.300. The number of hydrogen-bond donors (Lipinski definition) is 2. The number of aliphatic hydroxyl groups is 1. The number of carbonyl (C=O) groups is 1. The van der Waals surface area contributed by atoms with E-state index in [0.29, 0.717) is 5.56 Å². The average Bonchev–Trinajstić information content (AvgIpc) is 2.25. The largest absolute Gasteiger partial charge is 0.423 e. The molecule has 0 aliphatic carbocycles. The van der Waals surface area contributed by atoms with Crippen LogP contribution in [0.1, 0.15) is 5.56 Å². The van der Waals surface area contributed by atoms with Gasteiger partial charge in [-0.3, -0.25) is 4.79 Å². The Kier molecular flexibility index (Phi) is 3.89. The van der Waals surface area contributed by atoms with Gasteiger partial charge in [-0.15, -0.1) is 0 Å². The van der Waals surface area contributed by atoms with Gasteiger partial charge < -0.3 is 10.4 Å². The third-order valence-corrected chi connectivity index (χ3v) is 1.87. The molecule has 0 aliphatic rings. The van der Waals surface area contributed by atoms with Crippen LogP contribution in [0.15, 0.2) is 30.3 Å². The molecule has 0 saturated carbocycles. The Hall–Kier alpha value is -1.56. The van der Waals surface area contributed by atoms with Gasteiger partial charge in [0.25, 0.3) is 5.91 Å². The Balaban J connectivity index is 2.48. The van der Waals surface area contributed by atoms with E-state index in [1.165, 1.54) is 0 Å². The number of carbonyl (C=O) groups excluding carboxylic acids is 1. The smallest absolute Gasteiger partial charge is 0.376 e. The van der Waals surface area contributed by atoms with Crippen LogP contribution in [0, 0.1) is 0 Å². The number of hydrogen-bond acceptors (Lipinski definition) is 2. The Morgan fingerprint density at radius 1 is 1.31 bits per heavy atom.